The number of hydrogen-bond acceptors (Lipinski definition) is 5. The van der Waals surface area contributed by atoms with E-state index in [1.165, 1.54) is 7.11 Å². The second-order valence-electron chi connectivity index (χ2n) is 4.84. The lowest BCUT2D eigenvalue weighted by Crippen LogP contribution is -2.32. The number of nitrogens with one attached hydrogen (secondary N) is 1. The van der Waals surface area contributed by atoms with Gasteiger partial charge in [-0.05, 0) is 30.2 Å². The number of carbonyl (C=O) groups is 1. The number of carbonyl (C=O) groups excluding carboxylic acids is 1. The summed E-state index contributed by atoms with van der Waals surface area (Å²) in [5.41, 5.74) is 1.03. The first-order chi connectivity index (χ1) is 10.0. The van der Waals surface area contributed by atoms with Crippen molar-refractivity contribution in [1.82, 2.24) is 4.72 Å². The molecule has 1 aromatic rings. The lowest BCUT2D eigenvalue weighted by atomic mass is 10.1. The molecule has 1 aliphatic rings. The van der Waals surface area contributed by atoms with E-state index in [2.05, 4.69) is 9.46 Å². The molecule has 7 heteroatoms. The van der Waals surface area contributed by atoms with Gasteiger partial charge in [0.15, 0.2) is 0 Å². The first-order valence-electron chi connectivity index (χ1n) is 6.80. The van der Waals surface area contributed by atoms with Crippen LogP contribution in [0.4, 0.5) is 0 Å². The van der Waals surface area contributed by atoms with Crippen molar-refractivity contribution in [2.24, 2.45) is 0 Å². The van der Waals surface area contributed by atoms with Gasteiger partial charge in [0, 0.05) is 17.4 Å². The van der Waals surface area contributed by atoms with Crippen LogP contribution in [0.2, 0.25) is 0 Å². The number of methoxy groups -OCH3 is 1. The zero-order valence-electron chi connectivity index (χ0n) is 11.9. The fourth-order valence-corrected chi connectivity index (χ4v) is 4.69. The van der Waals surface area contributed by atoms with Gasteiger partial charge in [0.2, 0.25) is 10.0 Å². The highest BCUT2D eigenvalue weighted by molar-refractivity contribution is 7.99. The van der Waals surface area contributed by atoms with Crippen molar-refractivity contribution in [3.63, 3.8) is 0 Å². The van der Waals surface area contributed by atoms with Crippen molar-refractivity contribution >= 4 is 27.8 Å². The van der Waals surface area contributed by atoms with Crippen LogP contribution < -0.4 is 4.72 Å². The molecule has 0 unspecified atom stereocenters. The highest BCUT2D eigenvalue weighted by atomic mass is 32.2. The summed E-state index contributed by atoms with van der Waals surface area (Å²) in [7, 11) is -2.10. The van der Waals surface area contributed by atoms with E-state index in [1.807, 2.05) is 24.3 Å². The molecule has 0 spiro atoms. The quantitative estimate of drug-likeness (QED) is 0.809. The maximum absolute atomic E-state index is 12.1. The van der Waals surface area contributed by atoms with Crippen molar-refractivity contribution in [2.75, 3.05) is 18.6 Å². The minimum atomic E-state index is -3.39. The van der Waals surface area contributed by atoms with E-state index < -0.39 is 10.0 Å². The third-order valence-corrected chi connectivity index (χ3v) is 5.89. The smallest absolute Gasteiger partial charge is 0.305 e. The van der Waals surface area contributed by atoms with Gasteiger partial charge in [0.25, 0.3) is 0 Å². The van der Waals surface area contributed by atoms with Gasteiger partial charge >= 0.3 is 5.97 Å². The monoisotopic (exact) mass is 329 g/mol. The third-order valence-electron chi connectivity index (χ3n) is 3.30. The molecule has 0 bridgehead atoms. The van der Waals surface area contributed by atoms with Crippen LogP contribution in [0.5, 0.6) is 0 Å². The van der Waals surface area contributed by atoms with Crippen LogP contribution in [-0.4, -0.2) is 33.0 Å². The minimum Gasteiger partial charge on any atom is -0.469 e. The maximum atomic E-state index is 12.1. The highest BCUT2D eigenvalue weighted by Gasteiger charge is 2.24. The molecule has 0 saturated carbocycles. The molecule has 0 aliphatic carbocycles. The van der Waals surface area contributed by atoms with Crippen LogP contribution in [0.15, 0.2) is 29.2 Å². The Morgan fingerprint density at radius 3 is 2.95 bits per heavy atom. The van der Waals surface area contributed by atoms with Gasteiger partial charge in [-0.2, -0.15) is 0 Å². The molecule has 0 aromatic heterocycles. The lowest BCUT2D eigenvalue weighted by molar-refractivity contribution is -0.140. The average Bonchev–Trinajstić information content (AvgIpc) is 2.47. The summed E-state index contributed by atoms with van der Waals surface area (Å²) < 4.78 is 31.5. The Labute approximate surface area is 129 Å². The summed E-state index contributed by atoms with van der Waals surface area (Å²) in [6.45, 7) is 0. The average molecular weight is 329 g/mol. The molecule has 2 rings (SSSR count). The van der Waals surface area contributed by atoms with E-state index in [4.69, 9.17) is 0 Å². The van der Waals surface area contributed by atoms with E-state index >= 15 is 0 Å². The number of esters is 1. The molecular formula is C14H19NO4S2. The molecule has 5 nitrogen and oxygen atoms in total. The van der Waals surface area contributed by atoms with Crippen LogP contribution in [0.1, 0.15) is 30.9 Å². The predicted octanol–water partition coefficient (Wildman–Crippen LogP) is 2.10. The third kappa shape index (κ3) is 4.72. The Balaban J connectivity index is 1.96. The SMILES string of the molecule is COC(=O)CCCS(=O)(=O)N[C@@H]1CCSc2ccccc21. The van der Waals surface area contributed by atoms with E-state index in [1.54, 1.807) is 11.8 Å². The second kappa shape index (κ2) is 7.29. The van der Waals surface area contributed by atoms with Crippen LogP contribution in [0, 0.1) is 0 Å². The predicted molar refractivity (Wildman–Crippen MR) is 82.7 cm³/mol. The first kappa shape index (κ1) is 16.3. The van der Waals surface area contributed by atoms with Crippen molar-refractivity contribution < 1.29 is 17.9 Å². The number of fused-ring (bicyclic) bond motifs is 1. The summed E-state index contributed by atoms with van der Waals surface area (Å²) in [6.07, 6.45) is 1.16. The van der Waals surface area contributed by atoms with E-state index in [0.717, 1.165) is 22.6 Å². The fraction of sp³-hybridized carbons (Fsp3) is 0.500. The van der Waals surface area contributed by atoms with Crippen LogP contribution in [0.25, 0.3) is 0 Å². The molecule has 0 amide bonds. The molecule has 0 radical (unpaired) electrons. The first-order valence-corrected chi connectivity index (χ1v) is 9.44. The summed E-state index contributed by atoms with van der Waals surface area (Å²) >= 11 is 1.75. The summed E-state index contributed by atoms with van der Waals surface area (Å²) in [5, 5.41) is 0. The van der Waals surface area contributed by atoms with Crippen LogP contribution in [-0.2, 0) is 19.6 Å². The molecule has 21 heavy (non-hydrogen) atoms. The maximum Gasteiger partial charge on any atom is 0.305 e. The van der Waals surface area contributed by atoms with Crippen molar-refractivity contribution in [3.8, 4) is 0 Å². The van der Waals surface area contributed by atoms with Gasteiger partial charge in [-0.15, -0.1) is 11.8 Å². The van der Waals surface area contributed by atoms with Crippen LogP contribution in [0.3, 0.4) is 0 Å². The van der Waals surface area contributed by atoms with E-state index in [0.29, 0.717) is 0 Å². The Hall–Kier alpha value is -1.05. The number of benzene rings is 1. The number of rotatable bonds is 6. The summed E-state index contributed by atoms with van der Waals surface area (Å²) in [6, 6.07) is 7.67. The Bertz CT molecular complexity index is 601. The van der Waals surface area contributed by atoms with E-state index in [-0.39, 0.29) is 30.6 Å². The van der Waals surface area contributed by atoms with Crippen molar-refractivity contribution in [1.29, 1.82) is 0 Å². The normalized spacial score (nSPS) is 18.0. The molecule has 0 saturated heterocycles. The Morgan fingerprint density at radius 1 is 1.43 bits per heavy atom. The van der Waals surface area contributed by atoms with Gasteiger partial charge in [-0.3, -0.25) is 4.79 Å². The van der Waals surface area contributed by atoms with Gasteiger partial charge in [-0.1, -0.05) is 18.2 Å². The van der Waals surface area contributed by atoms with Crippen molar-refractivity contribution in [2.45, 2.75) is 30.2 Å². The molecule has 1 aromatic carbocycles. The zero-order chi connectivity index (χ0) is 15.3. The Morgan fingerprint density at radius 2 is 2.19 bits per heavy atom. The molecule has 1 N–H and O–H groups in total. The Kier molecular flexibility index (Phi) is 5.66. The van der Waals surface area contributed by atoms with Gasteiger partial charge in [0.1, 0.15) is 0 Å². The number of ether oxygens (including phenoxy) is 1. The highest BCUT2D eigenvalue weighted by Crippen LogP contribution is 2.36. The largest absolute Gasteiger partial charge is 0.469 e. The van der Waals surface area contributed by atoms with Gasteiger partial charge in [-0.25, -0.2) is 13.1 Å². The molecule has 1 heterocycles. The molecule has 116 valence electrons. The summed E-state index contributed by atoms with van der Waals surface area (Å²) in [4.78, 5) is 12.1. The summed E-state index contributed by atoms with van der Waals surface area (Å²) in [5.74, 6) is 0.449. The van der Waals surface area contributed by atoms with Gasteiger partial charge < -0.3 is 4.74 Å². The van der Waals surface area contributed by atoms with Crippen LogP contribution >= 0.6 is 11.8 Å². The topological polar surface area (TPSA) is 72.5 Å². The molecule has 1 atom stereocenters. The number of hydrogen-bond donors (Lipinski definition) is 1. The second-order valence-corrected chi connectivity index (χ2v) is 7.85. The number of thioether (sulfide) groups is 1. The van der Waals surface area contributed by atoms with Gasteiger partial charge in [0.05, 0.1) is 12.9 Å². The molecule has 0 fully saturated rings. The molecule has 1 aliphatic heterocycles. The van der Waals surface area contributed by atoms with Crippen molar-refractivity contribution in [3.05, 3.63) is 29.8 Å². The minimum absolute atomic E-state index is 0.0616. The lowest BCUT2D eigenvalue weighted by Gasteiger charge is -2.25. The standard InChI is InChI=1S/C14H19NO4S2/c1-19-14(16)7-4-10-21(17,18)15-12-8-9-20-13-6-3-2-5-11(12)13/h2-3,5-6,12,15H,4,7-10H2,1H3/t12-/m1/s1. The number of sulfonamides is 1. The van der Waals surface area contributed by atoms with E-state index in [9.17, 15) is 13.2 Å². The fourth-order valence-electron chi connectivity index (χ4n) is 2.25. The zero-order valence-corrected chi connectivity index (χ0v) is 13.5. The molecular weight excluding hydrogens is 310 g/mol.